The highest BCUT2D eigenvalue weighted by atomic mass is 16.5. The highest BCUT2D eigenvalue weighted by molar-refractivity contribution is 6.03. The summed E-state index contributed by atoms with van der Waals surface area (Å²) in [6.07, 6.45) is 1.43. The number of aryl methyl sites for hydroxylation is 1. The van der Waals surface area contributed by atoms with Crippen molar-refractivity contribution in [3.05, 3.63) is 47.3 Å². The summed E-state index contributed by atoms with van der Waals surface area (Å²) in [6, 6.07) is 5.95. The molecule has 0 bridgehead atoms. The number of rotatable bonds is 3. The molecule has 0 unspecified atom stereocenters. The van der Waals surface area contributed by atoms with Crippen LogP contribution in [0.2, 0.25) is 0 Å². The van der Waals surface area contributed by atoms with Gasteiger partial charge in [0.2, 0.25) is 5.76 Å². The zero-order chi connectivity index (χ0) is 13.1. The van der Waals surface area contributed by atoms with Crippen molar-refractivity contribution in [2.75, 3.05) is 5.32 Å². The Morgan fingerprint density at radius 2 is 2.17 bits per heavy atom. The molecule has 2 N–H and O–H groups in total. The number of carbonyl (C=O) groups excluding carboxylic acids is 1. The molecule has 1 aromatic carbocycles. The van der Waals surface area contributed by atoms with Crippen molar-refractivity contribution in [2.45, 2.75) is 6.92 Å². The number of aromatic nitrogens is 1. The van der Waals surface area contributed by atoms with Crippen molar-refractivity contribution in [3.63, 3.8) is 0 Å². The van der Waals surface area contributed by atoms with E-state index in [-0.39, 0.29) is 11.3 Å². The monoisotopic (exact) mass is 246 g/mol. The Hall–Kier alpha value is -2.63. The Bertz CT molecular complexity index is 604. The van der Waals surface area contributed by atoms with E-state index < -0.39 is 11.9 Å². The number of carbonyl (C=O) groups is 2. The van der Waals surface area contributed by atoms with Crippen LogP contribution in [-0.2, 0) is 0 Å². The van der Waals surface area contributed by atoms with Gasteiger partial charge in [0.1, 0.15) is 0 Å². The highest BCUT2D eigenvalue weighted by Crippen LogP contribution is 2.13. The van der Waals surface area contributed by atoms with Gasteiger partial charge in [-0.3, -0.25) is 4.79 Å². The fraction of sp³-hybridized carbons (Fsp3) is 0.0833. The van der Waals surface area contributed by atoms with Crippen molar-refractivity contribution in [2.24, 2.45) is 0 Å². The Morgan fingerprint density at radius 1 is 1.39 bits per heavy atom. The zero-order valence-electron chi connectivity index (χ0n) is 9.51. The summed E-state index contributed by atoms with van der Waals surface area (Å²) in [5.74, 6) is -1.41. The summed E-state index contributed by atoms with van der Waals surface area (Å²) in [5.41, 5.74) is 1.10. The molecule has 0 aliphatic carbocycles. The standard InChI is InChI=1S/C12H10N2O4/c1-7-6-13-18-10(7)11(15)14-9-4-2-3-8(5-9)12(16)17/h2-6H,1H3,(H,14,15)(H,16,17). The van der Waals surface area contributed by atoms with E-state index in [9.17, 15) is 9.59 Å². The Balaban J connectivity index is 2.20. The fourth-order valence-corrected chi connectivity index (χ4v) is 1.43. The van der Waals surface area contributed by atoms with Crippen LogP contribution in [0.5, 0.6) is 0 Å². The van der Waals surface area contributed by atoms with E-state index in [1.807, 2.05) is 0 Å². The van der Waals surface area contributed by atoms with Gasteiger partial charge < -0.3 is 14.9 Å². The molecule has 1 heterocycles. The van der Waals surface area contributed by atoms with Crippen LogP contribution in [0.3, 0.4) is 0 Å². The maximum atomic E-state index is 11.8. The van der Waals surface area contributed by atoms with Gasteiger partial charge in [0.25, 0.3) is 5.91 Å². The summed E-state index contributed by atoms with van der Waals surface area (Å²) in [7, 11) is 0. The third-order valence-corrected chi connectivity index (χ3v) is 2.32. The van der Waals surface area contributed by atoms with Gasteiger partial charge in [0.05, 0.1) is 11.8 Å². The molecule has 0 radical (unpaired) electrons. The Kier molecular flexibility index (Phi) is 3.09. The molecule has 0 aliphatic rings. The average Bonchev–Trinajstić information content (AvgIpc) is 2.76. The number of benzene rings is 1. The van der Waals surface area contributed by atoms with E-state index >= 15 is 0 Å². The first kappa shape index (κ1) is 11.8. The largest absolute Gasteiger partial charge is 0.478 e. The molecule has 0 saturated carbocycles. The molecule has 2 rings (SSSR count). The first-order valence-corrected chi connectivity index (χ1v) is 5.14. The second-order valence-electron chi connectivity index (χ2n) is 3.68. The number of anilines is 1. The predicted octanol–water partition coefficient (Wildman–Crippen LogP) is 1.93. The summed E-state index contributed by atoms with van der Waals surface area (Å²) < 4.78 is 4.80. The molecule has 0 saturated heterocycles. The lowest BCUT2D eigenvalue weighted by atomic mass is 10.2. The normalized spacial score (nSPS) is 10.1. The van der Waals surface area contributed by atoms with Crippen molar-refractivity contribution < 1.29 is 19.2 Å². The first-order chi connectivity index (χ1) is 8.58. The molecule has 2 aromatic rings. The number of nitrogens with one attached hydrogen (secondary N) is 1. The second-order valence-corrected chi connectivity index (χ2v) is 3.68. The SMILES string of the molecule is Cc1cnoc1C(=O)Nc1cccc(C(=O)O)c1. The molecule has 0 aliphatic heterocycles. The van der Waals surface area contributed by atoms with E-state index in [1.54, 1.807) is 19.1 Å². The Labute approximate surface area is 102 Å². The molecular weight excluding hydrogens is 236 g/mol. The fourth-order valence-electron chi connectivity index (χ4n) is 1.43. The van der Waals surface area contributed by atoms with E-state index in [4.69, 9.17) is 9.63 Å². The van der Waals surface area contributed by atoms with Crippen molar-refractivity contribution >= 4 is 17.6 Å². The quantitative estimate of drug-likeness (QED) is 0.863. The maximum absolute atomic E-state index is 11.8. The molecule has 6 nitrogen and oxygen atoms in total. The van der Waals surface area contributed by atoms with E-state index in [2.05, 4.69) is 10.5 Å². The smallest absolute Gasteiger partial charge is 0.335 e. The van der Waals surface area contributed by atoms with Gasteiger partial charge >= 0.3 is 5.97 Å². The number of nitrogens with zero attached hydrogens (tertiary/aromatic N) is 1. The number of hydrogen-bond donors (Lipinski definition) is 2. The van der Waals surface area contributed by atoms with E-state index in [1.165, 1.54) is 18.3 Å². The molecule has 0 spiro atoms. The van der Waals surface area contributed by atoms with Crippen molar-refractivity contribution in [1.82, 2.24) is 5.16 Å². The Morgan fingerprint density at radius 3 is 2.78 bits per heavy atom. The molecule has 92 valence electrons. The lowest BCUT2D eigenvalue weighted by Crippen LogP contribution is -2.12. The maximum Gasteiger partial charge on any atom is 0.335 e. The van der Waals surface area contributed by atoms with Crippen LogP contribution in [0.4, 0.5) is 5.69 Å². The van der Waals surface area contributed by atoms with E-state index in [0.29, 0.717) is 11.3 Å². The van der Waals surface area contributed by atoms with Crippen LogP contribution >= 0.6 is 0 Å². The van der Waals surface area contributed by atoms with Crippen LogP contribution in [0.1, 0.15) is 26.5 Å². The summed E-state index contributed by atoms with van der Waals surface area (Å²) in [4.78, 5) is 22.6. The number of amides is 1. The van der Waals surface area contributed by atoms with Crippen molar-refractivity contribution in [3.8, 4) is 0 Å². The predicted molar refractivity (Wildman–Crippen MR) is 62.6 cm³/mol. The van der Waals surface area contributed by atoms with Crippen LogP contribution in [0.15, 0.2) is 35.0 Å². The lowest BCUT2D eigenvalue weighted by Gasteiger charge is -2.04. The van der Waals surface area contributed by atoms with Gasteiger partial charge in [-0.1, -0.05) is 11.2 Å². The van der Waals surface area contributed by atoms with Gasteiger partial charge in [-0.15, -0.1) is 0 Å². The van der Waals surface area contributed by atoms with Crippen LogP contribution in [0.25, 0.3) is 0 Å². The summed E-state index contributed by atoms with van der Waals surface area (Å²) in [6.45, 7) is 1.69. The number of carboxylic acids is 1. The molecule has 1 aromatic heterocycles. The summed E-state index contributed by atoms with van der Waals surface area (Å²) in [5, 5.41) is 14.9. The van der Waals surface area contributed by atoms with E-state index in [0.717, 1.165) is 0 Å². The van der Waals surface area contributed by atoms with Gasteiger partial charge in [-0.25, -0.2) is 4.79 Å². The number of carboxylic acid groups (broad SMARTS) is 1. The van der Waals surface area contributed by atoms with Crippen LogP contribution in [0, 0.1) is 6.92 Å². The highest BCUT2D eigenvalue weighted by Gasteiger charge is 2.14. The minimum absolute atomic E-state index is 0.0992. The van der Waals surface area contributed by atoms with Gasteiger partial charge in [0, 0.05) is 11.3 Å². The zero-order valence-corrected chi connectivity index (χ0v) is 9.51. The molecule has 1 amide bonds. The minimum atomic E-state index is -1.05. The molecule has 0 fully saturated rings. The summed E-state index contributed by atoms with van der Waals surface area (Å²) >= 11 is 0. The molecule has 18 heavy (non-hydrogen) atoms. The van der Waals surface area contributed by atoms with Crippen LogP contribution < -0.4 is 5.32 Å². The average molecular weight is 246 g/mol. The third-order valence-electron chi connectivity index (χ3n) is 2.32. The molecule has 0 atom stereocenters. The first-order valence-electron chi connectivity index (χ1n) is 5.14. The topological polar surface area (TPSA) is 92.4 Å². The van der Waals surface area contributed by atoms with Crippen molar-refractivity contribution in [1.29, 1.82) is 0 Å². The van der Waals surface area contributed by atoms with Crippen LogP contribution in [-0.4, -0.2) is 22.1 Å². The molecule has 6 heteroatoms. The minimum Gasteiger partial charge on any atom is -0.478 e. The number of aromatic carboxylic acids is 1. The second kappa shape index (κ2) is 4.70. The lowest BCUT2D eigenvalue weighted by molar-refractivity contribution is 0.0696. The number of hydrogen-bond acceptors (Lipinski definition) is 4. The third kappa shape index (κ3) is 2.37. The van der Waals surface area contributed by atoms with Gasteiger partial charge in [-0.05, 0) is 25.1 Å². The molecular formula is C12H10N2O4. The van der Waals surface area contributed by atoms with Gasteiger partial charge in [-0.2, -0.15) is 0 Å². The van der Waals surface area contributed by atoms with Gasteiger partial charge in [0.15, 0.2) is 0 Å².